The molecule has 0 saturated heterocycles. The van der Waals surface area contributed by atoms with E-state index >= 15 is 0 Å². The molecule has 3 nitrogen and oxygen atoms in total. The summed E-state index contributed by atoms with van der Waals surface area (Å²) in [7, 11) is 0. The van der Waals surface area contributed by atoms with Crippen molar-refractivity contribution >= 4 is 28.6 Å². The first-order chi connectivity index (χ1) is 13.0. The molecule has 2 aromatic rings. The summed E-state index contributed by atoms with van der Waals surface area (Å²) in [4.78, 5) is 11.2. The number of rotatable bonds is 5. The summed E-state index contributed by atoms with van der Waals surface area (Å²) in [6.45, 7) is 13.3. The van der Waals surface area contributed by atoms with Gasteiger partial charge in [-0.05, 0) is 81.2 Å². The van der Waals surface area contributed by atoms with E-state index in [9.17, 15) is 9.90 Å². The average molecular weight is 490 g/mol. The second-order valence-electron chi connectivity index (χ2n) is 8.92. The Kier molecular flexibility index (Phi) is 5.63. The maximum Gasteiger partial charge on any atom is 0.335 e. The van der Waals surface area contributed by atoms with Crippen LogP contribution in [0.2, 0.25) is 0 Å². The number of allylic oxidation sites excluding steroid dienone is 1. The first-order valence-corrected chi connectivity index (χ1v) is 10.6. The lowest BCUT2D eigenvalue weighted by Gasteiger charge is -2.42. The lowest BCUT2D eigenvalue weighted by Crippen LogP contribution is -2.33. The van der Waals surface area contributed by atoms with Crippen LogP contribution in [0.15, 0.2) is 48.7 Å². The van der Waals surface area contributed by atoms with Gasteiger partial charge in [0.15, 0.2) is 0 Å². The molecule has 0 radical (unpaired) electrons. The van der Waals surface area contributed by atoms with Crippen LogP contribution in [0.5, 0.6) is 5.75 Å². The molecule has 0 spiro atoms. The fourth-order valence-corrected chi connectivity index (χ4v) is 4.33. The highest BCUT2D eigenvalue weighted by molar-refractivity contribution is 14.1. The van der Waals surface area contributed by atoms with Gasteiger partial charge in [-0.2, -0.15) is 0 Å². The zero-order valence-electron chi connectivity index (χ0n) is 16.9. The quantitative estimate of drug-likeness (QED) is 0.386. The smallest absolute Gasteiger partial charge is 0.335 e. The monoisotopic (exact) mass is 490 g/mol. The molecule has 0 unspecified atom stereocenters. The molecule has 0 heterocycles. The third-order valence-electron chi connectivity index (χ3n) is 5.75. The van der Waals surface area contributed by atoms with Crippen LogP contribution in [0.25, 0.3) is 0 Å². The van der Waals surface area contributed by atoms with Crippen molar-refractivity contribution in [3.63, 3.8) is 0 Å². The van der Waals surface area contributed by atoms with Crippen LogP contribution in [0.1, 0.15) is 67.6 Å². The molecular weight excluding hydrogens is 463 g/mol. The third kappa shape index (κ3) is 4.27. The number of carboxylic acid groups (broad SMARTS) is 1. The molecule has 0 bridgehead atoms. The molecule has 0 atom stereocenters. The van der Waals surface area contributed by atoms with Gasteiger partial charge in [0.1, 0.15) is 11.5 Å². The van der Waals surface area contributed by atoms with Gasteiger partial charge in [0.2, 0.25) is 0 Å². The predicted molar refractivity (Wildman–Crippen MR) is 121 cm³/mol. The Labute approximate surface area is 181 Å². The standard InChI is InChI=1S/C24H27IO3/c1-15(28-21-14-17(22(26)27)7-9-20(21)25)12-16-6-8-18-19(13-16)24(4,5)11-10-23(18,2)3/h6-9,13-14H,1,10-12H2,2-5H3,(H,26,27). The lowest BCUT2D eigenvalue weighted by molar-refractivity contribution is 0.0696. The zero-order chi connectivity index (χ0) is 20.7. The number of hydrogen-bond donors (Lipinski definition) is 1. The van der Waals surface area contributed by atoms with Gasteiger partial charge >= 0.3 is 5.97 Å². The molecule has 148 valence electrons. The van der Waals surface area contributed by atoms with Crippen molar-refractivity contribution in [2.45, 2.75) is 57.8 Å². The highest BCUT2D eigenvalue weighted by Crippen LogP contribution is 2.46. The number of benzene rings is 2. The van der Waals surface area contributed by atoms with E-state index in [-0.39, 0.29) is 16.4 Å². The van der Waals surface area contributed by atoms with Gasteiger partial charge in [-0.3, -0.25) is 0 Å². The Balaban J connectivity index is 1.82. The van der Waals surface area contributed by atoms with E-state index in [1.54, 1.807) is 18.2 Å². The topological polar surface area (TPSA) is 46.5 Å². The highest BCUT2D eigenvalue weighted by atomic mass is 127. The predicted octanol–water partition coefficient (Wildman–Crippen LogP) is 6.47. The summed E-state index contributed by atoms with van der Waals surface area (Å²) in [5.74, 6) is 0.171. The van der Waals surface area contributed by atoms with Gasteiger partial charge in [-0.25, -0.2) is 4.79 Å². The maximum absolute atomic E-state index is 11.2. The summed E-state index contributed by atoms with van der Waals surface area (Å²) < 4.78 is 6.77. The summed E-state index contributed by atoms with van der Waals surface area (Å²) in [6, 6.07) is 11.6. The van der Waals surface area contributed by atoms with Crippen molar-refractivity contribution < 1.29 is 14.6 Å². The Bertz CT molecular complexity index is 941. The molecular formula is C24H27IO3. The molecule has 0 amide bonds. The van der Waals surface area contributed by atoms with Crippen molar-refractivity contribution in [3.05, 3.63) is 74.6 Å². The molecule has 2 aromatic carbocycles. The SMILES string of the molecule is C=C(Cc1ccc2c(c1)C(C)(C)CCC2(C)C)Oc1cc(C(=O)O)ccc1I. The fourth-order valence-electron chi connectivity index (χ4n) is 3.88. The van der Waals surface area contributed by atoms with Crippen molar-refractivity contribution in [2.75, 3.05) is 0 Å². The molecule has 1 N–H and O–H groups in total. The second-order valence-corrected chi connectivity index (χ2v) is 10.1. The van der Waals surface area contributed by atoms with Gasteiger partial charge in [-0.1, -0.05) is 52.5 Å². The zero-order valence-corrected chi connectivity index (χ0v) is 19.1. The van der Waals surface area contributed by atoms with Crippen molar-refractivity contribution in [3.8, 4) is 5.75 Å². The normalized spacial score (nSPS) is 16.9. The molecule has 28 heavy (non-hydrogen) atoms. The van der Waals surface area contributed by atoms with E-state index in [4.69, 9.17) is 4.74 Å². The maximum atomic E-state index is 11.2. The minimum absolute atomic E-state index is 0.161. The van der Waals surface area contributed by atoms with Crippen LogP contribution >= 0.6 is 22.6 Å². The van der Waals surface area contributed by atoms with E-state index in [2.05, 4.69) is 75.1 Å². The number of hydrogen-bond acceptors (Lipinski definition) is 2. The van der Waals surface area contributed by atoms with E-state index in [0.29, 0.717) is 17.9 Å². The van der Waals surface area contributed by atoms with E-state index < -0.39 is 5.97 Å². The summed E-state index contributed by atoms with van der Waals surface area (Å²) >= 11 is 2.14. The summed E-state index contributed by atoms with van der Waals surface area (Å²) in [5, 5.41) is 9.19. The molecule has 0 saturated carbocycles. The molecule has 0 fully saturated rings. The summed E-state index contributed by atoms with van der Waals surface area (Å²) in [6.07, 6.45) is 2.96. The molecule has 1 aliphatic rings. The molecule has 0 aromatic heterocycles. The highest BCUT2D eigenvalue weighted by Gasteiger charge is 2.36. The van der Waals surface area contributed by atoms with Crippen LogP contribution in [0.4, 0.5) is 0 Å². The van der Waals surface area contributed by atoms with Crippen LogP contribution in [0.3, 0.4) is 0 Å². The van der Waals surface area contributed by atoms with E-state index in [1.807, 2.05) is 0 Å². The first-order valence-electron chi connectivity index (χ1n) is 9.52. The lowest BCUT2D eigenvalue weighted by atomic mass is 9.63. The van der Waals surface area contributed by atoms with Crippen LogP contribution in [-0.4, -0.2) is 11.1 Å². The summed E-state index contributed by atoms with van der Waals surface area (Å²) in [5.41, 5.74) is 4.58. The van der Waals surface area contributed by atoms with Crippen molar-refractivity contribution in [1.82, 2.24) is 0 Å². The number of fused-ring (bicyclic) bond motifs is 1. The van der Waals surface area contributed by atoms with Gasteiger partial charge in [-0.15, -0.1) is 0 Å². The largest absolute Gasteiger partial charge is 0.478 e. The number of aromatic carboxylic acids is 1. The van der Waals surface area contributed by atoms with Gasteiger partial charge in [0.05, 0.1) is 9.13 Å². The minimum Gasteiger partial charge on any atom is -0.478 e. The van der Waals surface area contributed by atoms with Gasteiger partial charge in [0, 0.05) is 6.42 Å². The number of carboxylic acids is 1. The number of carbonyl (C=O) groups is 1. The van der Waals surface area contributed by atoms with E-state index in [1.165, 1.54) is 29.5 Å². The fraction of sp³-hybridized carbons (Fsp3) is 0.375. The second kappa shape index (κ2) is 7.54. The average Bonchev–Trinajstić information content (AvgIpc) is 2.61. The Morgan fingerprint density at radius 2 is 1.71 bits per heavy atom. The minimum atomic E-state index is -0.966. The Morgan fingerprint density at radius 1 is 1.07 bits per heavy atom. The van der Waals surface area contributed by atoms with Gasteiger partial charge < -0.3 is 9.84 Å². The number of ether oxygens (including phenoxy) is 1. The van der Waals surface area contributed by atoms with Crippen LogP contribution in [0, 0.1) is 3.57 Å². The molecule has 1 aliphatic carbocycles. The van der Waals surface area contributed by atoms with Gasteiger partial charge in [0.25, 0.3) is 0 Å². The Morgan fingerprint density at radius 3 is 2.36 bits per heavy atom. The molecule has 4 heteroatoms. The van der Waals surface area contributed by atoms with E-state index in [0.717, 1.165) is 3.57 Å². The third-order valence-corrected chi connectivity index (χ3v) is 6.64. The first kappa shape index (κ1) is 20.9. The molecule has 3 rings (SSSR count). The van der Waals surface area contributed by atoms with Crippen molar-refractivity contribution in [2.24, 2.45) is 0 Å². The number of halogens is 1. The van der Waals surface area contributed by atoms with Crippen LogP contribution < -0.4 is 4.74 Å². The van der Waals surface area contributed by atoms with Crippen molar-refractivity contribution in [1.29, 1.82) is 0 Å². The Hall–Kier alpha value is -1.82. The molecule has 0 aliphatic heterocycles. The van der Waals surface area contributed by atoms with Crippen LogP contribution in [-0.2, 0) is 17.3 Å².